The summed E-state index contributed by atoms with van der Waals surface area (Å²) < 4.78 is 5.66. The molecule has 6 nitrogen and oxygen atoms in total. The molecule has 0 unspecified atom stereocenters. The summed E-state index contributed by atoms with van der Waals surface area (Å²) in [5, 5.41) is 14.5. The van der Waals surface area contributed by atoms with Crippen molar-refractivity contribution in [2.24, 2.45) is 0 Å². The van der Waals surface area contributed by atoms with Gasteiger partial charge in [-0.3, -0.25) is 15.1 Å². The number of nitrogens with one attached hydrogen (secondary N) is 1. The molecule has 25 heavy (non-hydrogen) atoms. The predicted octanol–water partition coefficient (Wildman–Crippen LogP) is 4.97. The van der Waals surface area contributed by atoms with Crippen LogP contribution in [-0.4, -0.2) is 9.91 Å². The van der Waals surface area contributed by atoms with Crippen LogP contribution in [0.1, 0.15) is 5.69 Å². The highest BCUT2D eigenvalue weighted by Crippen LogP contribution is 2.32. The number of pyridine rings is 1. The molecule has 0 fully saturated rings. The van der Waals surface area contributed by atoms with Gasteiger partial charge >= 0.3 is 0 Å². The van der Waals surface area contributed by atoms with Crippen LogP contribution in [0.3, 0.4) is 0 Å². The van der Waals surface area contributed by atoms with Crippen LogP contribution in [0, 0.1) is 10.1 Å². The van der Waals surface area contributed by atoms with E-state index in [-0.39, 0.29) is 5.69 Å². The SMILES string of the molecule is O=[N+]([O-])c1ccccc1Nc1ccc(OCc2ccccn2)c(Cl)c1. The maximum Gasteiger partial charge on any atom is 0.292 e. The Hall–Kier alpha value is -3.12. The molecule has 1 N–H and O–H groups in total. The minimum Gasteiger partial charge on any atom is -0.486 e. The minimum atomic E-state index is -0.436. The molecule has 0 saturated heterocycles. The second-order valence-corrected chi connectivity index (χ2v) is 5.56. The van der Waals surface area contributed by atoms with E-state index in [2.05, 4.69) is 10.3 Å². The summed E-state index contributed by atoms with van der Waals surface area (Å²) in [6.45, 7) is 0.303. The summed E-state index contributed by atoms with van der Waals surface area (Å²) in [6.07, 6.45) is 1.69. The summed E-state index contributed by atoms with van der Waals surface area (Å²) in [6, 6.07) is 17.1. The number of anilines is 2. The molecule has 126 valence electrons. The van der Waals surface area contributed by atoms with Gasteiger partial charge in [0.15, 0.2) is 0 Å². The Bertz CT molecular complexity index is 888. The molecule has 0 radical (unpaired) electrons. The van der Waals surface area contributed by atoms with Gasteiger partial charge in [-0.1, -0.05) is 29.8 Å². The van der Waals surface area contributed by atoms with Crippen LogP contribution in [0.5, 0.6) is 5.75 Å². The van der Waals surface area contributed by atoms with Crippen LogP contribution >= 0.6 is 11.6 Å². The van der Waals surface area contributed by atoms with Crippen molar-refractivity contribution in [3.05, 3.63) is 87.7 Å². The van der Waals surface area contributed by atoms with Crippen LogP contribution < -0.4 is 10.1 Å². The third-order valence-corrected chi connectivity index (χ3v) is 3.71. The number of ether oxygens (including phenoxy) is 1. The quantitative estimate of drug-likeness (QED) is 0.499. The Labute approximate surface area is 149 Å². The first-order valence-corrected chi connectivity index (χ1v) is 7.84. The molecular formula is C18H14ClN3O3. The van der Waals surface area contributed by atoms with Crippen molar-refractivity contribution in [2.45, 2.75) is 6.61 Å². The van der Waals surface area contributed by atoms with Crippen molar-refractivity contribution in [1.82, 2.24) is 4.98 Å². The van der Waals surface area contributed by atoms with Crippen molar-refractivity contribution in [3.8, 4) is 5.75 Å². The van der Waals surface area contributed by atoms with Gasteiger partial charge in [0.2, 0.25) is 0 Å². The highest BCUT2D eigenvalue weighted by molar-refractivity contribution is 6.32. The molecule has 0 aliphatic carbocycles. The normalized spacial score (nSPS) is 10.3. The van der Waals surface area contributed by atoms with Crippen molar-refractivity contribution >= 4 is 28.7 Å². The number of nitrogens with zero attached hydrogens (tertiary/aromatic N) is 2. The molecule has 0 aliphatic rings. The molecular weight excluding hydrogens is 342 g/mol. The first-order chi connectivity index (χ1) is 12.1. The minimum absolute atomic E-state index is 0.00546. The molecule has 3 aromatic rings. The highest BCUT2D eigenvalue weighted by atomic mass is 35.5. The van der Waals surface area contributed by atoms with E-state index in [1.165, 1.54) is 6.07 Å². The molecule has 2 aromatic carbocycles. The van der Waals surface area contributed by atoms with E-state index >= 15 is 0 Å². The third-order valence-electron chi connectivity index (χ3n) is 3.41. The van der Waals surface area contributed by atoms with E-state index in [1.807, 2.05) is 18.2 Å². The molecule has 0 spiro atoms. The second-order valence-electron chi connectivity index (χ2n) is 5.15. The van der Waals surface area contributed by atoms with Crippen LogP contribution in [0.25, 0.3) is 0 Å². The van der Waals surface area contributed by atoms with Crippen molar-refractivity contribution in [3.63, 3.8) is 0 Å². The van der Waals surface area contributed by atoms with Crippen molar-refractivity contribution < 1.29 is 9.66 Å². The number of halogens is 1. The molecule has 0 aliphatic heterocycles. The van der Waals surface area contributed by atoms with Gasteiger partial charge in [-0.05, 0) is 36.4 Å². The van der Waals surface area contributed by atoms with Gasteiger partial charge in [0.1, 0.15) is 18.0 Å². The predicted molar refractivity (Wildman–Crippen MR) is 96.4 cm³/mol. The maximum atomic E-state index is 11.1. The van der Waals surface area contributed by atoms with Gasteiger partial charge in [-0.2, -0.15) is 0 Å². The van der Waals surface area contributed by atoms with Gasteiger partial charge in [0, 0.05) is 18.0 Å². The first-order valence-electron chi connectivity index (χ1n) is 7.46. The summed E-state index contributed by atoms with van der Waals surface area (Å²) in [7, 11) is 0. The molecule has 7 heteroatoms. The summed E-state index contributed by atoms with van der Waals surface area (Å²) >= 11 is 6.24. The fourth-order valence-corrected chi connectivity index (χ4v) is 2.46. The van der Waals surface area contributed by atoms with E-state index < -0.39 is 4.92 Å². The van der Waals surface area contributed by atoms with E-state index in [9.17, 15) is 10.1 Å². The Balaban J connectivity index is 1.73. The van der Waals surface area contributed by atoms with Crippen molar-refractivity contribution in [1.29, 1.82) is 0 Å². The van der Waals surface area contributed by atoms with Gasteiger partial charge in [0.05, 0.1) is 15.6 Å². The maximum absolute atomic E-state index is 11.1. The average molecular weight is 356 g/mol. The van der Waals surface area contributed by atoms with E-state index in [0.717, 1.165) is 5.69 Å². The highest BCUT2D eigenvalue weighted by Gasteiger charge is 2.13. The van der Waals surface area contributed by atoms with Gasteiger partial charge in [-0.25, -0.2) is 0 Å². The molecule has 1 aromatic heterocycles. The van der Waals surface area contributed by atoms with Crippen molar-refractivity contribution in [2.75, 3.05) is 5.32 Å². The molecule has 0 atom stereocenters. The van der Waals surface area contributed by atoms with Gasteiger partial charge in [0.25, 0.3) is 5.69 Å². The number of benzene rings is 2. The lowest BCUT2D eigenvalue weighted by Crippen LogP contribution is -1.99. The summed E-state index contributed by atoms with van der Waals surface area (Å²) in [5.74, 6) is 0.514. The summed E-state index contributed by atoms with van der Waals surface area (Å²) in [4.78, 5) is 14.8. The molecule has 3 rings (SSSR count). The zero-order valence-electron chi connectivity index (χ0n) is 13.1. The molecule has 1 heterocycles. The number of rotatable bonds is 6. The Morgan fingerprint density at radius 1 is 1.12 bits per heavy atom. The number of nitro groups is 1. The number of hydrogen-bond donors (Lipinski definition) is 1. The van der Waals surface area contributed by atoms with Crippen LogP contribution in [-0.2, 0) is 6.61 Å². The Morgan fingerprint density at radius 2 is 1.92 bits per heavy atom. The average Bonchev–Trinajstić information content (AvgIpc) is 2.62. The Kier molecular flexibility index (Phi) is 5.11. The van der Waals surface area contributed by atoms with Gasteiger partial charge in [-0.15, -0.1) is 0 Å². The largest absolute Gasteiger partial charge is 0.486 e. The third kappa shape index (κ3) is 4.24. The van der Waals surface area contributed by atoms with Crippen LogP contribution in [0.15, 0.2) is 66.9 Å². The number of aromatic nitrogens is 1. The number of para-hydroxylation sites is 2. The van der Waals surface area contributed by atoms with Gasteiger partial charge < -0.3 is 10.1 Å². The number of hydrogen-bond acceptors (Lipinski definition) is 5. The standard InChI is InChI=1S/C18H14ClN3O3/c19-15-11-13(21-16-6-1-2-7-17(16)22(23)24)8-9-18(15)25-12-14-5-3-4-10-20-14/h1-11,21H,12H2. The zero-order chi connectivity index (χ0) is 17.6. The molecule has 0 saturated carbocycles. The zero-order valence-corrected chi connectivity index (χ0v) is 13.8. The van der Waals surface area contributed by atoms with E-state index in [0.29, 0.717) is 28.8 Å². The first kappa shape index (κ1) is 16.7. The molecule has 0 bridgehead atoms. The van der Waals surface area contributed by atoms with Crippen LogP contribution in [0.2, 0.25) is 5.02 Å². The van der Waals surface area contributed by atoms with E-state index in [1.54, 1.807) is 42.6 Å². The summed E-state index contributed by atoms with van der Waals surface area (Å²) in [5.41, 5.74) is 1.81. The topological polar surface area (TPSA) is 77.3 Å². The molecule has 0 amide bonds. The fourth-order valence-electron chi connectivity index (χ4n) is 2.22. The number of nitro benzene ring substituents is 1. The lowest BCUT2D eigenvalue weighted by molar-refractivity contribution is -0.383. The second kappa shape index (κ2) is 7.63. The Morgan fingerprint density at radius 3 is 2.64 bits per heavy atom. The lowest BCUT2D eigenvalue weighted by atomic mass is 10.2. The van der Waals surface area contributed by atoms with Crippen LogP contribution in [0.4, 0.5) is 17.1 Å². The smallest absolute Gasteiger partial charge is 0.292 e. The lowest BCUT2D eigenvalue weighted by Gasteiger charge is -2.11. The fraction of sp³-hybridized carbons (Fsp3) is 0.0556. The monoisotopic (exact) mass is 355 g/mol. The van der Waals surface area contributed by atoms with E-state index in [4.69, 9.17) is 16.3 Å².